The van der Waals surface area contributed by atoms with Crippen LogP contribution in [0.4, 0.5) is 0 Å². The molecule has 0 aromatic carbocycles. The first kappa shape index (κ1) is 12.1. The fourth-order valence-corrected chi connectivity index (χ4v) is 2.34. The van der Waals surface area contributed by atoms with Crippen molar-refractivity contribution in [1.29, 1.82) is 0 Å². The molecule has 2 atom stereocenters. The molecule has 17 heavy (non-hydrogen) atoms. The molecule has 1 aliphatic carbocycles. The number of aliphatic hydroxyl groups is 1. The van der Waals surface area contributed by atoms with E-state index in [2.05, 4.69) is 5.32 Å². The highest BCUT2D eigenvalue weighted by atomic mass is 16.4. The molecule has 1 heterocycles. The van der Waals surface area contributed by atoms with Gasteiger partial charge in [0, 0.05) is 12.6 Å². The summed E-state index contributed by atoms with van der Waals surface area (Å²) in [6.45, 7) is 0.713. The molecule has 94 valence electrons. The molecule has 0 bridgehead atoms. The average Bonchev–Trinajstić information content (AvgIpc) is 2.95. The maximum atomic E-state index is 10.6. The van der Waals surface area contributed by atoms with Crippen LogP contribution >= 0.6 is 0 Å². The minimum Gasteiger partial charge on any atom is -0.475 e. The van der Waals surface area contributed by atoms with Gasteiger partial charge >= 0.3 is 5.97 Å². The summed E-state index contributed by atoms with van der Waals surface area (Å²) in [5, 5.41) is 21.2. The molecule has 3 N–H and O–H groups in total. The summed E-state index contributed by atoms with van der Waals surface area (Å²) in [6, 6.07) is 3.43. The molecular weight excluding hydrogens is 222 g/mol. The second kappa shape index (κ2) is 5.33. The molecule has 1 aromatic heterocycles. The van der Waals surface area contributed by atoms with Crippen LogP contribution in [0.5, 0.6) is 0 Å². The average molecular weight is 239 g/mol. The number of carbonyl (C=O) groups is 1. The number of hydrogen-bond acceptors (Lipinski definition) is 4. The quantitative estimate of drug-likeness (QED) is 0.719. The van der Waals surface area contributed by atoms with Crippen LogP contribution in [-0.2, 0) is 6.54 Å². The molecule has 0 radical (unpaired) electrons. The fraction of sp³-hybridized carbons (Fsp3) is 0.583. The third kappa shape index (κ3) is 2.87. The highest BCUT2D eigenvalue weighted by molar-refractivity contribution is 5.84. The summed E-state index contributed by atoms with van der Waals surface area (Å²) in [5.41, 5.74) is 0. The summed E-state index contributed by atoms with van der Waals surface area (Å²) in [5.74, 6) is -0.160. The largest absolute Gasteiger partial charge is 0.475 e. The van der Waals surface area contributed by atoms with Crippen molar-refractivity contribution < 1.29 is 19.4 Å². The number of carboxylic acids is 1. The van der Waals surface area contributed by atoms with E-state index in [1.807, 2.05) is 0 Å². The number of nitrogens with one attached hydrogen (secondary N) is 1. The number of aliphatic hydroxyl groups excluding tert-OH is 1. The molecule has 0 aliphatic heterocycles. The van der Waals surface area contributed by atoms with Crippen LogP contribution in [0.2, 0.25) is 0 Å². The van der Waals surface area contributed by atoms with Crippen molar-refractivity contribution in [2.75, 3.05) is 6.61 Å². The molecule has 2 rings (SSSR count). The van der Waals surface area contributed by atoms with Gasteiger partial charge in [-0.25, -0.2) is 4.79 Å². The fourth-order valence-electron chi connectivity index (χ4n) is 2.34. The second-order valence-corrected chi connectivity index (χ2v) is 4.43. The number of furan rings is 1. The predicted molar refractivity (Wildman–Crippen MR) is 60.7 cm³/mol. The van der Waals surface area contributed by atoms with Gasteiger partial charge in [0.15, 0.2) is 0 Å². The predicted octanol–water partition coefficient (Wildman–Crippen LogP) is 1.23. The zero-order valence-corrected chi connectivity index (χ0v) is 9.56. The van der Waals surface area contributed by atoms with Crippen molar-refractivity contribution in [1.82, 2.24) is 5.32 Å². The van der Waals surface area contributed by atoms with Crippen LogP contribution in [0.25, 0.3) is 0 Å². The maximum absolute atomic E-state index is 10.6. The van der Waals surface area contributed by atoms with E-state index >= 15 is 0 Å². The van der Waals surface area contributed by atoms with E-state index in [0.717, 1.165) is 19.3 Å². The summed E-state index contributed by atoms with van der Waals surface area (Å²) in [7, 11) is 0. The second-order valence-electron chi connectivity index (χ2n) is 4.43. The topological polar surface area (TPSA) is 82.7 Å². The molecule has 1 aromatic rings. The summed E-state index contributed by atoms with van der Waals surface area (Å²) < 4.78 is 5.15. The smallest absolute Gasteiger partial charge is 0.371 e. The van der Waals surface area contributed by atoms with E-state index < -0.39 is 5.97 Å². The van der Waals surface area contributed by atoms with Gasteiger partial charge in [-0.1, -0.05) is 6.42 Å². The molecular formula is C12H17NO4. The van der Waals surface area contributed by atoms with E-state index in [-0.39, 0.29) is 12.4 Å². The maximum Gasteiger partial charge on any atom is 0.371 e. The van der Waals surface area contributed by atoms with Crippen molar-refractivity contribution in [3.8, 4) is 0 Å². The lowest BCUT2D eigenvalue weighted by atomic mass is 10.1. The monoisotopic (exact) mass is 239 g/mol. The van der Waals surface area contributed by atoms with Gasteiger partial charge in [-0.15, -0.1) is 0 Å². The molecule has 0 amide bonds. The molecule has 5 nitrogen and oxygen atoms in total. The van der Waals surface area contributed by atoms with E-state index in [0.29, 0.717) is 24.3 Å². The van der Waals surface area contributed by atoms with E-state index in [9.17, 15) is 4.79 Å². The Morgan fingerprint density at radius 1 is 1.47 bits per heavy atom. The molecule has 1 fully saturated rings. The standard InChI is InChI=1S/C12H17NO4/c14-7-8-2-1-3-10(8)13-6-9-4-5-11(17-9)12(15)16/h4-5,8,10,13-14H,1-3,6-7H2,(H,15,16). The summed E-state index contributed by atoms with van der Waals surface area (Å²) >= 11 is 0. The molecule has 0 saturated heterocycles. The Labute approximate surface area is 99.4 Å². The first-order chi connectivity index (χ1) is 8.20. The van der Waals surface area contributed by atoms with Gasteiger partial charge in [0.05, 0.1) is 6.54 Å². The van der Waals surface area contributed by atoms with E-state index in [1.54, 1.807) is 6.07 Å². The summed E-state index contributed by atoms with van der Waals surface area (Å²) in [6.07, 6.45) is 3.23. The number of aromatic carboxylic acids is 1. The minimum absolute atomic E-state index is 0.0352. The van der Waals surface area contributed by atoms with Gasteiger partial charge in [-0.05, 0) is 30.9 Å². The van der Waals surface area contributed by atoms with Crippen LogP contribution in [0.1, 0.15) is 35.6 Å². The van der Waals surface area contributed by atoms with Crippen molar-refractivity contribution in [3.05, 3.63) is 23.7 Å². The van der Waals surface area contributed by atoms with Crippen LogP contribution < -0.4 is 5.32 Å². The Kier molecular flexibility index (Phi) is 3.81. The highest BCUT2D eigenvalue weighted by Crippen LogP contribution is 2.25. The Morgan fingerprint density at radius 2 is 2.29 bits per heavy atom. The van der Waals surface area contributed by atoms with Crippen LogP contribution in [0, 0.1) is 5.92 Å². The number of hydrogen-bond donors (Lipinski definition) is 3. The molecule has 1 saturated carbocycles. The molecule has 2 unspecified atom stereocenters. The van der Waals surface area contributed by atoms with E-state index in [1.165, 1.54) is 6.07 Å². The lowest BCUT2D eigenvalue weighted by Crippen LogP contribution is -2.33. The van der Waals surface area contributed by atoms with Crippen molar-refractivity contribution in [2.24, 2.45) is 5.92 Å². The lowest BCUT2D eigenvalue weighted by molar-refractivity contribution is 0.0660. The number of rotatable bonds is 5. The summed E-state index contributed by atoms with van der Waals surface area (Å²) in [4.78, 5) is 10.6. The van der Waals surface area contributed by atoms with Gasteiger partial charge in [0.2, 0.25) is 5.76 Å². The van der Waals surface area contributed by atoms with Crippen molar-refractivity contribution in [2.45, 2.75) is 31.8 Å². The van der Waals surface area contributed by atoms with Gasteiger partial charge in [0.25, 0.3) is 0 Å². The first-order valence-electron chi connectivity index (χ1n) is 5.87. The van der Waals surface area contributed by atoms with Gasteiger partial charge in [0.1, 0.15) is 5.76 Å². The Morgan fingerprint density at radius 3 is 2.94 bits per heavy atom. The van der Waals surface area contributed by atoms with Crippen LogP contribution in [0.3, 0.4) is 0 Å². The van der Waals surface area contributed by atoms with Gasteiger partial charge < -0.3 is 19.9 Å². The van der Waals surface area contributed by atoms with Gasteiger partial charge in [-0.2, -0.15) is 0 Å². The number of carboxylic acid groups (broad SMARTS) is 1. The third-order valence-corrected chi connectivity index (χ3v) is 3.30. The SMILES string of the molecule is O=C(O)c1ccc(CNC2CCCC2CO)o1. The highest BCUT2D eigenvalue weighted by Gasteiger charge is 2.26. The van der Waals surface area contributed by atoms with Gasteiger partial charge in [-0.3, -0.25) is 0 Å². The Balaban J connectivity index is 1.86. The van der Waals surface area contributed by atoms with E-state index in [4.69, 9.17) is 14.6 Å². The van der Waals surface area contributed by atoms with Crippen molar-refractivity contribution >= 4 is 5.97 Å². The van der Waals surface area contributed by atoms with Crippen LogP contribution in [0.15, 0.2) is 16.5 Å². The zero-order chi connectivity index (χ0) is 12.3. The minimum atomic E-state index is -1.05. The van der Waals surface area contributed by atoms with Crippen molar-refractivity contribution in [3.63, 3.8) is 0 Å². The first-order valence-corrected chi connectivity index (χ1v) is 5.87. The zero-order valence-electron chi connectivity index (χ0n) is 9.56. The Hall–Kier alpha value is -1.33. The Bertz CT molecular complexity index is 388. The van der Waals surface area contributed by atoms with Crippen LogP contribution in [-0.4, -0.2) is 28.8 Å². The third-order valence-electron chi connectivity index (χ3n) is 3.30. The molecule has 0 spiro atoms. The molecule has 1 aliphatic rings. The lowest BCUT2D eigenvalue weighted by Gasteiger charge is -2.18. The normalized spacial score (nSPS) is 24.1. The molecule has 5 heteroatoms.